The zero-order valence-electron chi connectivity index (χ0n) is 57.0. The first-order chi connectivity index (χ1) is 42.7. The highest BCUT2D eigenvalue weighted by Crippen LogP contribution is 2.44. The Labute approximate surface area is 469 Å². The molecular weight excluding hydrogens is 939 g/mol. The first kappa shape index (κ1) is 35.3. The highest BCUT2D eigenvalue weighted by atomic mass is 16.5. The number of pyridine rings is 1. The van der Waals surface area contributed by atoms with Crippen molar-refractivity contribution in [2.45, 2.75) is 72.1 Å². The van der Waals surface area contributed by atoms with E-state index in [1.54, 1.807) is 24.4 Å². The maximum Gasteiger partial charge on any atom is 0.269 e. The molecule has 0 saturated heterocycles. The van der Waals surface area contributed by atoms with E-state index in [9.17, 15) is 8.22 Å². The zero-order chi connectivity index (χ0) is 64.1. The number of rotatable bonds is 9. The van der Waals surface area contributed by atoms with Crippen LogP contribution in [0.15, 0.2) is 218 Å². The fourth-order valence-corrected chi connectivity index (χ4v) is 10.6. The molecule has 9 aromatic carbocycles. The number of hydrogen-bond acceptors (Lipinski definition) is 2. The summed E-state index contributed by atoms with van der Waals surface area (Å²) in [5.41, 5.74) is 8.81. The summed E-state index contributed by atoms with van der Waals surface area (Å²) in [4.78, 5) is 4.91. The van der Waals surface area contributed by atoms with Crippen molar-refractivity contribution in [2.75, 3.05) is 0 Å². The van der Waals surface area contributed by atoms with Crippen LogP contribution in [0.3, 0.4) is 0 Å². The van der Waals surface area contributed by atoms with E-state index in [0.29, 0.717) is 56.1 Å². The molecule has 6 nitrogen and oxygen atoms in total. The fraction of sp³-hybridized carbons (Fsp3) is 0.155. The van der Waals surface area contributed by atoms with Crippen molar-refractivity contribution in [1.82, 2.24) is 18.7 Å². The number of hydrogen-bond donors (Lipinski definition) is 0. The molecule has 4 aromatic heterocycles. The Kier molecular flexibility index (Phi) is 8.43. The highest BCUT2D eigenvalue weighted by Gasteiger charge is 2.26. The van der Waals surface area contributed by atoms with Crippen molar-refractivity contribution < 1.29 is 27.1 Å². The van der Waals surface area contributed by atoms with E-state index in [2.05, 4.69) is 79.9 Å². The van der Waals surface area contributed by atoms with Crippen LogP contribution in [-0.4, -0.2) is 18.7 Å². The predicted octanol–water partition coefficient (Wildman–Crippen LogP) is 18.1. The van der Waals surface area contributed by atoms with E-state index in [0.717, 1.165) is 38.7 Å². The number of fused-ring (bicyclic) bond motifs is 7. The quantitative estimate of drug-likeness (QED) is 0.107. The smallest absolute Gasteiger partial charge is 0.269 e. The summed E-state index contributed by atoms with van der Waals surface area (Å²) in [7, 11) is 0. The first-order valence-corrected chi connectivity index (χ1v) is 25.8. The molecule has 0 amide bonds. The summed E-state index contributed by atoms with van der Waals surface area (Å²) in [5.74, 6) is 1.34. The van der Waals surface area contributed by atoms with Crippen molar-refractivity contribution in [3.8, 4) is 56.6 Å². The van der Waals surface area contributed by atoms with Crippen LogP contribution in [0.2, 0.25) is 0 Å². The molecule has 0 aliphatic heterocycles. The third-order valence-corrected chi connectivity index (χ3v) is 14.5. The normalized spacial score (nSPS) is 14.6. The Balaban J connectivity index is 1.07. The third kappa shape index (κ3) is 8.27. The van der Waals surface area contributed by atoms with Crippen LogP contribution in [0.5, 0.6) is 11.5 Å². The van der Waals surface area contributed by atoms with Gasteiger partial charge in [-0.25, -0.2) is 4.98 Å². The largest absolute Gasteiger partial charge is 0.458 e. The molecule has 0 aliphatic rings. The molecular formula is C71H61N5O. The van der Waals surface area contributed by atoms with E-state index in [-0.39, 0.29) is 62.0 Å². The van der Waals surface area contributed by atoms with Crippen LogP contribution in [0.1, 0.15) is 95.8 Å². The molecule has 13 rings (SSSR count). The summed E-state index contributed by atoms with van der Waals surface area (Å²) >= 11 is 0. The van der Waals surface area contributed by atoms with Crippen LogP contribution in [0.25, 0.3) is 99.8 Å². The molecule has 0 atom stereocenters. The first-order valence-electron chi connectivity index (χ1n) is 32.3. The summed E-state index contributed by atoms with van der Waals surface area (Å²) in [6, 6.07) is 36.5. The second-order valence-electron chi connectivity index (χ2n) is 21.9. The summed E-state index contributed by atoms with van der Waals surface area (Å²) < 4.78 is 132. The van der Waals surface area contributed by atoms with Crippen LogP contribution >= 0.6 is 0 Å². The van der Waals surface area contributed by atoms with Crippen LogP contribution in [-0.2, 0) is 10.8 Å². The standard InChI is InChI=1S/C71H61N5O/c1-46(2)48-36-37-72-67(40-48)76-62-33-17-14-28-59(62)68-65(75-60-31-15-12-26-57(60)58-27-13-16-32-61(58)75)43-54(44-66(68)76)77-53-25-20-24-52(42-53)73-45-74(64-35-19-18-34-63(64)73)69-55(47-22-10-9-11-23-47)29-21-30-56(69)49-38-50(70(3,4)5)41-51(39-49)71(6,7)8/h9-44,46H,1-8H3/i9D,10D,11D,12D,13D,15D,16D,22D,23D,26D,27D,31D,32D. The van der Waals surface area contributed by atoms with Gasteiger partial charge in [-0.2, -0.15) is 0 Å². The predicted molar refractivity (Wildman–Crippen MR) is 319 cm³/mol. The van der Waals surface area contributed by atoms with Crippen molar-refractivity contribution in [2.24, 2.45) is 0 Å². The average molecular weight is 1010 g/mol. The van der Waals surface area contributed by atoms with Crippen molar-refractivity contribution in [3.05, 3.63) is 241 Å². The fourth-order valence-electron chi connectivity index (χ4n) is 10.6. The molecule has 6 heteroatoms. The Morgan fingerprint density at radius 2 is 1.17 bits per heavy atom. The molecule has 0 N–H and O–H groups in total. The van der Waals surface area contributed by atoms with Gasteiger partial charge < -0.3 is 9.30 Å². The molecule has 0 bridgehead atoms. The Bertz CT molecular complexity index is 5080. The zero-order valence-corrected chi connectivity index (χ0v) is 44.0. The van der Waals surface area contributed by atoms with Gasteiger partial charge in [0.25, 0.3) is 6.33 Å². The lowest BCUT2D eigenvalue weighted by molar-refractivity contribution is -0.571. The van der Waals surface area contributed by atoms with Gasteiger partial charge in [0.15, 0.2) is 0 Å². The number of nitrogens with zero attached hydrogens (tertiary/aromatic N) is 5. The lowest BCUT2D eigenvalue weighted by Crippen LogP contribution is -2.31. The molecule has 77 heavy (non-hydrogen) atoms. The van der Waals surface area contributed by atoms with Gasteiger partial charge in [0.2, 0.25) is 0 Å². The van der Waals surface area contributed by atoms with E-state index in [1.165, 1.54) is 4.57 Å². The SMILES string of the molecule is [2H]c1c([2H])c([2H])c(-c2cccc(-c3cc(C(C)(C)C)cc(C(C)(C)C)c3)c2-[n+]2[c-]n(-c3cccc(Oc4cc(-n5c6c([2H])c([2H])c([2H])c([2H])c6c6c([2H])c([2H])c([2H])c([2H])c65)c5c6ccccc6n(-c6cc(C(C)C)ccn6)c5c4)c3)c3ccccc32)c([2H])c1[2H]. The van der Waals surface area contributed by atoms with Crippen LogP contribution in [0, 0.1) is 6.33 Å². The summed E-state index contributed by atoms with van der Waals surface area (Å²) in [6.45, 7) is 17.2. The van der Waals surface area contributed by atoms with Crippen LogP contribution < -0.4 is 9.30 Å². The number of ether oxygens (including phenoxy) is 1. The lowest BCUT2D eigenvalue weighted by Gasteiger charge is -2.27. The van der Waals surface area contributed by atoms with Gasteiger partial charge in [0, 0.05) is 39.9 Å². The third-order valence-electron chi connectivity index (χ3n) is 14.5. The monoisotopic (exact) mass is 1010 g/mol. The molecule has 0 radical (unpaired) electrons. The molecule has 0 spiro atoms. The number of benzene rings is 9. The van der Waals surface area contributed by atoms with Gasteiger partial charge in [0.05, 0.1) is 68.0 Å². The van der Waals surface area contributed by atoms with E-state index in [1.807, 2.05) is 111 Å². The van der Waals surface area contributed by atoms with Gasteiger partial charge in [-0.1, -0.05) is 207 Å². The Hall–Kier alpha value is -9.00. The summed E-state index contributed by atoms with van der Waals surface area (Å²) in [5, 5.41) is 1.19. The highest BCUT2D eigenvalue weighted by molar-refractivity contribution is 6.16. The van der Waals surface area contributed by atoms with Gasteiger partial charge in [-0.05, 0) is 104 Å². The molecule has 0 unspecified atom stereocenters. The van der Waals surface area contributed by atoms with Gasteiger partial charge in [-0.3, -0.25) is 13.7 Å². The second-order valence-corrected chi connectivity index (χ2v) is 21.9. The Morgan fingerprint density at radius 3 is 1.87 bits per heavy atom. The maximum absolute atomic E-state index is 9.52. The average Bonchev–Trinajstić information content (AvgIpc) is 1.54. The molecule has 13 aromatic rings. The lowest BCUT2D eigenvalue weighted by atomic mass is 9.78. The molecule has 0 fully saturated rings. The number of aromatic nitrogens is 5. The molecule has 0 saturated carbocycles. The van der Waals surface area contributed by atoms with Gasteiger partial charge >= 0.3 is 0 Å². The second kappa shape index (κ2) is 18.4. The minimum absolute atomic E-state index is 0.0365. The maximum atomic E-state index is 9.52. The van der Waals surface area contributed by atoms with Gasteiger partial charge in [-0.15, -0.1) is 0 Å². The minimum Gasteiger partial charge on any atom is -0.458 e. The van der Waals surface area contributed by atoms with E-state index in [4.69, 9.17) is 19.3 Å². The van der Waals surface area contributed by atoms with Crippen molar-refractivity contribution in [1.29, 1.82) is 0 Å². The van der Waals surface area contributed by atoms with Crippen LogP contribution in [0.4, 0.5) is 0 Å². The Morgan fingerprint density at radius 1 is 0.532 bits per heavy atom. The minimum atomic E-state index is -0.550. The van der Waals surface area contributed by atoms with E-state index >= 15 is 0 Å². The molecule has 376 valence electrons. The molecule has 4 heterocycles. The number of para-hydroxylation sites is 6. The van der Waals surface area contributed by atoms with Crippen molar-refractivity contribution >= 4 is 54.6 Å². The van der Waals surface area contributed by atoms with Gasteiger partial charge in [0.1, 0.15) is 17.3 Å². The number of imidazole rings is 1. The van der Waals surface area contributed by atoms with Crippen molar-refractivity contribution in [3.63, 3.8) is 0 Å². The molecule has 0 aliphatic carbocycles. The summed E-state index contributed by atoms with van der Waals surface area (Å²) in [6.07, 6.45) is 5.42. The van der Waals surface area contributed by atoms with E-state index < -0.39 is 66.5 Å². The topological polar surface area (TPSA) is 40.8 Å².